The molecule has 47 nitrogen and oxygen atoms in total. The predicted molar refractivity (Wildman–Crippen MR) is 623 cm³/mol. The number of nitrogens with one attached hydrogen (secondary N) is 3. The minimum absolute atomic E-state index is 0. The molecule has 53 heteroatoms. The van der Waals surface area contributed by atoms with Crippen LogP contribution in [0.25, 0.3) is 10.9 Å². The number of para-hydroxylation sites is 1. The van der Waals surface area contributed by atoms with Crippen LogP contribution in [0.3, 0.4) is 0 Å². The number of aliphatic hydroxyl groups is 2. The Morgan fingerprint density at radius 3 is 0.836 bits per heavy atom. The van der Waals surface area contributed by atoms with Gasteiger partial charge in [0.2, 0.25) is 0 Å². The van der Waals surface area contributed by atoms with Gasteiger partial charge in [0.1, 0.15) is 126 Å². The monoisotopic (exact) mass is 2220 g/mol. The Morgan fingerprint density at radius 1 is 0.418 bits per heavy atom. The molecule has 0 bridgehead atoms. The molecule has 1 aliphatic rings. The number of nitrogens with zero attached hydrogens (tertiary/aromatic N) is 1. The van der Waals surface area contributed by atoms with Crippen molar-refractivity contribution in [1.29, 1.82) is 0 Å². The van der Waals surface area contributed by atoms with Gasteiger partial charge in [0.25, 0.3) is 0 Å². The SMILES string of the molecule is C.C.C.C.CC(C)[C@H](N)C=O.CCSCC.CC[C@H](C)[C@H](N)C=O.CO.CSC.CSC.CSC.CSC.C[C@@H](O)[C@H](N)C=O.C[C@H](N)C=O.C[C@H](N)C=O.C[C@H](N)C=O.C[C@H](N)C=O.C[C@H](N)C=O.C[C@H](N)C=O.C[C@H](N)C=O.C[C@H](N)C=O.NCC=O.NCC=O.NCC=O.NCC=O.NCC=O.N[C@H](C=O)CCC(=O)O.N[C@H](C=O)Cc1c[nH]c2ccccc12.N[C@H](C=O)Cc1cnc[nH]1.O=C[C@@H]1CCCN1.[AlH3]. The van der Waals surface area contributed by atoms with Gasteiger partial charge >= 0.3 is 5.97 Å². The van der Waals surface area contributed by atoms with E-state index in [9.17, 15) is 76.7 Å². The van der Waals surface area contributed by atoms with Gasteiger partial charge in [0.15, 0.2) is 17.4 Å². The molecule has 0 amide bonds. The zero-order valence-corrected chi connectivity index (χ0v) is 92.0. The van der Waals surface area contributed by atoms with E-state index in [1.807, 2.05) is 120 Å². The molecule has 2 aromatic heterocycles. The number of rotatable bonds is 33. The molecule has 1 aromatic carbocycles. The van der Waals surface area contributed by atoms with Crippen LogP contribution in [0.4, 0.5) is 0 Å². The normalized spacial score (nSPS) is 12.4. The Labute approximate surface area is 907 Å². The number of nitrogens with two attached hydrogens (primary N) is 19. The lowest BCUT2D eigenvalue weighted by Crippen LogP contribution is -2.33. The molecule has 146 heavy (non-hydrogen) atoms. The van der Waals surface area contributed by atoms with Gasteiger partial charge in [-0.1, -0.05) is 95.9 Å². The molecule has 3 heterocycles. The highest BCUT2D eigenvalue weighted by atomic mass is 32.2. The van der Waals surface area contributed by atoms with Crippen molar-refractivity contribution < 1.29 is 116 Å². The average molecular weight is 2220 g/mol. The summed E-state index contributed by atoms with van der Waals surface area (Å²) in [6.45, 7) is 28.4. The molecule has 1 saturated heterocycles. The Balaban J connectivity index is -0.0000000408. The van der Waals surface area contributed by atoms with Crippen molar-refractivity contribution in [2.75, 3.05) is 108 Å². The molecular formula is C93H210AlN23O24S5. The van der Waals surface area contributed by atoms with E-state index >= 15 is 0 Å². The number of carbonyl (C=O) groups is 21. The number of H-pyrrole nitrogens is 2. The molecule has 4 rings (SSSR count). The van der Waals surface area contributed by atoms with E-state index in [1.54, 1.807) is 115 Å². The van der Waals surface area contributed by atoms with E-state index in [-0.39, 0.29) is 165 Å². The fraction of sp³-hybridized carbons (Fsp3) is 0.656. The maximum Gasteiger partial charge on any atom is 0.303 e. The Hall–Kier alpha value is -7.76. The number of thioether (sulfide) groups is 5. The van der Waals surface area contributed by atoms with Gasteiger partial charge in [-0.3, -0.25) is 4.79 Å². The lowest BCUT2D eigenvalue weighted by Gasteiger charge is -2.09. The zero-order chi connectivity index (χ0) is 116. The Morgan fingerprint density at radius 2 is 0.685 bits per heavy atom. The Bertz CT molecular complexity index is 2800. The van der Waals surface area contributed by atoms with Gasteiger partial charge in [0, 0.05) is 81.7 Å². The first-order chi connectivity index (χ1) is 66.1. The lowest BCUT2D eigenvalue weighted by molar-refractivity contribution is -0.137. The molecule has 0 spiro atoms. The van der Waals surface area contributed by atoms with E-state index in [0.29, 0.717) is 113 Å². The second-order valence-electron chi connectivity index (χ2n) is 26.9. The third-order valence-corrected chi connectivity index (χ3v) is 12.1. The quantitative estimate of drug-likeness (QED) is 0.0238. The summed E-state index contributed by atoms with van der Waals surface area (Å²) in [5.41, 5.74) is 97.4. The maximum atomic E-state index is 10.4. The van der Waals surface area contributed by atoms with Gasteiger partial charge in [0.05, 0.1) is 103 Å². The molecule has 0 saturated carbocycles. The highest BCUT2D eigenvalue weighted by Gasteiger charge is 2.12. The average Bonchev–Trinajstić information content (AvgIpc) is 1.69. The summed E-state index contributed by atoms with van der Waals surface area (Å²) in [7, 11) is 1.00. The summed E-state index contributed by atoms with van der Waals surface area (Å²) >= 11 is 8.96. The largest absolute Gasteiger partial charge is 0.481 e. The first-order valence-corrected chi connectivity index (χ1v) is 50.7. The molecule has 44 N–H and O–H groups in total. The number of aromatic nitrogens is 3. The summed E-state index contributed by atoms with van der Waals surface area (Å²) in [6, 6.07) is 3.07. The molecule has 1 aliphatic heterocycles. The van der Waals surface area contributed by atoms with Crippen LogP contribution in [0, 0.1) is 11.8 Å². The highest BCUT2D eigenvalue weighted by molar-refractivity contribution is 7.99. The van der Waals surface area contributed by atoms with Gasteiger partial charge in [-0.25, -0.2) is 4.98 Å². The van der Waals surface area contributed by atoms with Crippen molar-refractivity contribution in [3.63, 3.8) is 0 Å². The van der Waals surface area contributed by atoms with Gasteiger partial charge in [-0.15, -0.1) is 0 Å². The van der Waals surface area contributed by atoms with Crippen molar-refractivity contribution in [1.82, 2.24) is 20.3 Å². The third kappa shape index (κ3) is 306. The Kier molecular flexibility index (Phi) is 291. The number of carboxylic acid groups (broad SMARTS) is 1. The standard InChI is InChI=1S/C11H12N2O.C6H9N3O.C6H13NO.C5H9NO3.C5H9NO.C5H11NO.C4H9NO2.C4H10S.8C3H7NO.5C2H5NO.4C2H6S.CH4O.4CH4.Al.3H/c12-9(7-14)5-8-6-13-11-4-2-1-3-10(8)11;7-5(3-10)1-6-2-8-4-9-6;1-3-5(2)6(7)4-8;6-4(3-7)1-2-5(8)9;7-4-5-2-1-3-6-5;1-4(2)5(6)3-7;1-3(7)4(5)2-6;1-3-5-4-2;8*1-3(4)2-5;5*3-1-2-4;4*1-3-2;1-2;;;;;;;;/h1-4,6-7,9,13H,5,12H2;2-5H,1,7H2,(H,8,9);4-6H,3,7H2,1-2H3;3-4H,1-2,6H2,(H,8,9);4-6H,1-3H2;3-5H,6H2,1-2H3;2-4,7H,5H2,1H3;3-4H2,1-2H3;8*2-3H,4H2,1H3;5*2H,1,3H2;4*1-2H3;2H,1H3;4*1H4;;;;/t9-;5-;5-,6+;4-;2*5-;3-,4-;;8*3-;;;;;;;;;;;;;;;;;;/m0000011.00000000................../s1. The summed E-state index contributed by atoms with van der Waals surface area (Å²) in [6.07, 6.45) is 39.1. The lowest BCUT2D eigenvalue weighted by atomic mass is 10.0. The second kappa shape index (κ2) is 202. The number of aromatic amines is 2. The topological polar surface area (TPSA) is 970 Å². The van der Waals surface area contributed by atoms with E-state index in [2.05, 4.69) is 62.8 Å². The number of imidazole rings is 1. The highest BCUT2D eigenvalue weighted by Crippen LogP contribution is 2.18. The number of aldehydes is 20. The molecule has 17 atom stereocenters. The van der Waals surface area contributed by atoms with Crippen molar-refractivity contribution in [2.24, 2.45) is 121 Å². The first kappa shape index (κ1) is 210. The third-order valence-electron chi connectivity index (χ3n) is 11.3. The summed E-state index contributed by atoms with van der Waals surface area (Å²) in [5, 5.41) is 27.7. The number of hydrogen-bond donors (Lipinski definition) is 25. The molecular weight excluding hydrogens is 2010 g/mol. The molecule has 874 valence electrons. The van der Waals surface area contributed by atoms with E-state index in [1.165, 1.54) is 18.4 Å². The van der Waals surface area contributed by atoms with Crippen LogP contribution in [-0.4, -0.2) is 384 Å². The van der Waals surface area contributed by atoms with E-state index in [4.69, 9.17) is 120 Å². The molecule has 1 fully saturated rings. The van der Waals surface area contributed by atoms with Crippen LogP contribution in [0.2, 0.25) is 0 Å². The van der Waals surface area contributed by atoms with Crippen LogP contribution in [0.15, 0.2) is 43.0 Å². The smallest absolute Gasteiger partial charge is 0.303 e. The number of carbonyl (C=O) groups excluding carboxylic acids is 20. The van der Waals surface area contributed by atoms with Crippen LogP contribution in [0.1, 0.15) is 177 Å². The number of carboxylic acids is 1. The summed E-state index contributed by atoms with van der Waals surface area (Å²) in [4.78, 5) is 210. The number of fused-ring (bicyclic) bond motifs is 1. The van der Waals surface area contributed by atoms with Crippen molar-refractivity contribution in [2.45, 2.75) is 275 Å². The van der Waals surface area contributed by atoms with Gasteiger partial charge in [-0.2, -0.15) is 58.8 Å². The maximum absolute atomic E-state index is 10.4. The number of aliphatic hydroxyl groups excluding tert-OH is 2. The fourth-order valence-electron chi connectivity index (χ4n) is 4.37. The number of aliphatic carboxylic acids is 1. The minimum atomic E-state index is -0.924. The molecule has 0 unspecified atom stereocenters. The van der Waals surface area contributed by atoms with Gasteiger partial charge < -0.3 is 235 Å². The predicted octanol–water partition coefficient (Wildman–Crippen LogP) is -1.72. The van der Waals surface area contributed by atoms with Crippen molar-refractivity contribution in [3.05, 3.63) is 54.2 Å². The van der Waals surface area contributed by atoms with Crippen LogP contribution in [-0.2, 0) is 114 Å². The first-order valence-electron chi connectivity index (χ1n) is 43.0. The molecule has 0 radical (unpaired) electrons. The summed E-state index contributed by atoms with van der Waals surface area (Å²) < 4.78 is 0. The van der Waals surface area contributed by atoms with E-state index in [0.717, 1.165) is 86.5 Å². The number of benzene rings is 1. The van der Waals surface area contributed by atoms with Crippen LogP contribution >= 0.6 is 58.8 Å². The molecule has 0 aliphatic carbocycles. The van der Waals surface area contributed by atoms with Crippen molar-refractivity contribution in [3.8, 4) is 0 Å². The fourth-order valence-corrected chi connectivity index (χ4v) is 4.78. The van der Waals surface area contributed by atoms with Gasteiger partial charge in [-0.05, 0) is 180 Å². The summed E-state index contributed by atoms with van der Waals surface area (Å²) in [5.74, 6) is 2.20. The minimum Gasteiger partial charge on any atom is -0.481 e. The van der Waals surface area contributed by atoms with Crippen molar-refractivity contribution >= 4 is 219 Å². The van der Waals surface area contributed by atoms with Crippen LogP contribution < -0.4 is 114 Å². The van der Waals surface area contributed by atoms with E-state index < -0.39 is 36.2 Å². The number of hydrogen-bond acceptors (Lipinski definition) is 49. The molecule has 3 aromatic rings. The zero-order valence-electron chi connectivity index (χ0n) is 88.0. The van der Waals surface area contributed by atoms with Crippen LogP contribution in [0.5, 0.6) is 0 Å². The second-order valence-corrected chi connectivity index (χ2v) is 31.7.